The van der Waals surface area contributed by atoms with E-state index >= 15 is 0 Å². The van der Waals surface area contributed by atoms with Gasteiger partial charge in [-0.25, -0.2) is 4.79 Å². The Hall–Kier alpha value is -2.77. The molecule has 4 amide bonds. The number of carbonyl (C=O) groups is 3. The molecule has 0 bridgehead atoms. The van der Waals surface area contributed by atoms with Crippen LogP contribution in [-0.4, -0.2) is 50.0 Å². The van der Waals surface area contributed by atoms with Gasteiger partial charge in [0.15, 0.2) is 0 Å². The van der Waals surface area contributed by atoms with Gasteiger partial charge in [0, 0.05) is 12.7 Å². The lowest BCUT2D eigenvalue weighted by Crippen LogP contribution is -2.42. The van der Waals surface area contributed by atoms with Gasteiger partial charge in [-0.1, -0.05) is 0 Å². The lowest BCUT2D eigenvalue weighted by molar-refractivity contribution is -0.132. The Labute approximate surface area is 122 Å². The lowest BCUT2D eigenvalue weighted by Gasteiger charge is -2.16. The molecule has 0 saturated heterocycles. The smallest absolute Gasteiger partial charge is 0.312 e. The Balaban J connectivity index is 2.44. The first-order chi connectivity index (χ1) is 9.92. The molecular formula is C13H18N4O4. The number of hydrogen-bond donors (Lipinski definition) is 3. The van der Waals surface area contributed by atoms with E-state index in [9.17, 15) is 14.4 Å². The summed E-state index contributed by atoms with van der Waals surface area (Å²) in [5.41, 5.74) is 5.45. The van der Waals surface area contributed by atoms with E-state index in [1.165, 1.54) is 11.9 Å². The molecular weight excluding hydrogens is 276 g/mol. The number of primary amides is 1. The van der Waals surface area contributed by atoms with Gasteiger partial charge in [0.2, 0.25) is 11.8 Å². The predicted molar refractivity (Wildman–Crippen MR) is 76.8 cm³/mol. The highest BCUT2D eigenvalue weighted by atomic mass is 16.5. The number of nitrogens with one attached hydrogen (secondary N) is 2. The summed E-state index contributed by atoms with van der Waals surface area (Å²) in [5.74, 6) is -0.0911. The first-order valence-corrected chi connectivity index (χ1v) is 6.13. The van der Waals surface area contributed by atoms with Crippen LogP contribution in [0.2, 0.25) is 0 Å². The van der Waals surface area contributed by atoms with Gasteiger partial charge < -0.3 is 26.0 Å². The molecule has 0 unspecified atom stereocenters. The maximum atomic E-state index is 11.8. The fourth-order valence-corrected chi connectivity index (χ4v) is 1.48. The third kappa shape index (κ3) is 5.81. The van der Waals surface area contributed by atoms with Crippen LogP contribution in [0.25, 0.3) is 0 Å². The van der Waals surface area contributed by atoms with Gasteiger partial charge in [0.25, 0.3) is 0 Å². The summed E-state index contributed by atoms with van der Waals surface area (Å²) in [6, 6.07) is 6.00. The minimum absolute atomic E-state index is 0.134. The van der Waals surface area contributed by atoms with Gasteiger partial charge in [0.1, 0.15) is 5.75 Å². The molecule has 0 aliphatic carbocycles. The minimum atomic E-state index is -0.792. The summed E-state index contributed by atoms with van der Waals surface area (Å²) >= 11 is 0. The first-order valence-electron chi connectivity index (χ1n) is 6.13. The van der Waals surface area contributed by atoms with Crippen LogP contribution >= 0.6 is 0 Å². The average Bonchev–Trinajstić information content (AvgIpc) is 2.45. The normalized spacial score (nSPS) is 9.62. The number of benzene rings is 1. The number of ether oxygens (including phenoxy) is 1. The fourth-order valence-electron chi connectivity index (χ4n) is 1.48. The zero-order valence-electron chi connectivity index (χ0n) is 11.9. The Morgan fingerprint density at radius 1 is 1.24 bits per heavy atom. The first kappa shape index (κ1) is 16.3. The Morgan fingerprint density at radius 3 is 2.38 bits per heavy atom. The molecule has 4 N–H and O–H groups in total. The van der Waals surface area contributed by atoms with Crippen LogP contribution in [-0.2, 0) is 9.59 Å². The summed E-state index contributed by atoms with van der Waals surface area (Å²) in [7, 11) is 3.01. The van der Waals surface area contributed by atoms with Gasteiger partial charge in [-0.15, -0.1) is 0 Å². The van der Waals surface area contributed by atoms with Crippen molar-refractivity contribution in [1.82, 2.24) is 10.2 Å². The van der Waals surface area contributed by atoms with Gasteiger partial charge in [-0.05, 0) is 24.3 Å². The van der Waals surface area contributed by atoms with E-state index in [1.54, 1.807) is 31.4 Å². The van der Waals surface area contributed by atoms with E-state index in [0.717, 1.165) is 0 Å². The van der Waals surface area contributed by atoms with Crippen molar-refractivity contribution in [3.8, 4) is 5.75 Å². The van der Waals surface area contributed by atoms with Crippen LogP contribution in [0.4, 0.5) is 10.5 Å². The third-order valence-electron chi connectivity index (χ3n) is 2.59. The van der Waals surface area contributed by atoms with Crippen LogP contribution < -0.4 is 21.1 Å². The van der Waals surface area contributed by atoms with Crippen molar-refractivity contribution < 1.29 is 19.1 Å². The molecule has 0 spiro atoms. The number of carbonyl (C=O) groups excluding carboxylic acids is 3. The highest BCUT2D eigenvalue weighted by Crippen LogP contribution is 2.14. The second-order valence-corrected chi connectivity index (χ2v) is 4.24. The molecule has 1 aromatic rings. The van der Waals surface area contributed by atoms with Gasteiger partial charge >= 0.3 is 6.03 Å². The summed E-state index contributed by atoms with van der Waals surface area (Å²) in [5, 5.41) is 4.81. The predicted octanol–water partition coefficient (Wildman–Crippen LogP) is -0.240. The zero-order chi connectivity index (χ0) is 15.8. The molecule has 0 saturated carbocycles. The summed E-state index contributed by atoms with van der Waals surface area (Å²) < 4.78 is 5.01. The number of nitrogens with two attached hydrogens (primary N) is 1. The molecule has 0 aliphatic rings. The largest absolute Gasteiger partial charge is 0.497 e. The number of urea groups is 1. The highest BCUT2D eigenvalue weighted by Gasteiger charge is 2.13. The summed E-state index contributed by atoms with van der Waals surface area (Å²) in [6.45, 7) is -0.382. The number of hydrogen-bond acceptors (Lipinski definition) is 4. The maximum absolute atomic E-state index is 11.8. The zero-order valence-corrected chi connectivity index (χ0v) is 11.9. The van der Waals surface area contributed by atoms with Gasteiger partial charge in [-0.2, -0.15) is 0 Å². The van der Waals surface area contributed by atoms with Gasteiger partial charge in [0.05, 0.1) is 20.2 Å². The molecule has 1 aromatic carbocycles. The van der Waals surface area contributed by atoms with E-state index in [0.29, 0.717) is 11.4 Å². The van der Waals surface area contributed by atoms with E-state index in [-0.39, 0.29) is 19.0 Å². The Morgan fingerprint density at radius 2 is 1.86 bits per heavy atom. The molecule has 0 atom stereocenters. The third-order valence-corrected chi connectivity index (χ3v) is 2.59. The molecule has 114 valence electrons. The molecule has 8 heteroatoms. The monoisotopic (exact) mass is 294 g/mol. The van der Waals surface area contributed by atoms with Crippen molar-refractivity contribution in [2.75, 3.05) is 32.6 Å². The molecule has 8 nitrogen and oxygen atoms in total. The van der Waals surface area contributed by atoms with Crippen LogP contribution in [0.1, 0.15) is 0 Å². The molecule has 0 radical (unpaired) electrons. The molecule has 0 heterocycles. The lowest BCUT2D eigenvalue weighted by atomic mass is 10.3. The van der Waals surface area contributed by atoms with Crippen molar-refractivity contribution in [3.05, 3.63) is 24.3 Å². The molecule has 0 fully saturated rings. The summed E-state index contributed by atoms with van der Waals surface area (Å²) in [4.78, 5) is 35.0. The SMILES string of the molecule is COc1ccc(NC(=O)CN(C)C(=O)CNC(N)=O)cc1. The Kier molecular flexibility index (Phi) is 5.99. The summed E-state index contributed by atoms with van der Waals surface area (Å²) in [6.07, 6.45) is 0. The van der Waals surface area contributed by atoms with Crippen molar-refractivity contribution >= 4 is 23.5 Å². The second kappa shape index (κ2) is 7.73. The van der Waals surface area contributed by atoms with Crippen LogP contribution in [0, 0.1) is 0 Å². The van der Waals surface area contributed by atoms with Crippen molar-refractivity contribution in [2.45, 2.75) is 0 Å². The minimum Gasteiger partial charge on any atom is -0.497 e. The van der Waals surface area contributed by atoms with Gasteiger partial charge in [-0.3, -0.25) is 9.59 Å². The van der Waals surface area contributed by atoms with Crippen molar-refractivity contribution in [2.24, 2.45) is 5.73 Å². The second-order valence-electron chi connectivity index (χ2n) is 4.24. The van der Waals surface area contributed by atoms with E-state index in [4.69, 9.17) is 10.5 Å². The molecule has 21 heavy (non-hydrogen) atoms. The van der Waals surface area contributed by atoms with Crippen LogP contribution in [0.15, 0.2) is 24.3 Å². The number of rotatable bonds is 6. The molecule has 0 aliphatic heterocycles. The molecule has 0 aromatic heterocycles. The number of amides is 4. The van der Waals surface area contributed by atoms with Crippen molar-refractivity contribution in [3.63, 3.8) is 0 Å². The topological polar surface area (TPSA) is 114 Å². The average molecular weight is 294 g/mol. The van der Waals surface area contributed by atoms with Crippen LogP contribution in [0.3, 0.4) is 0 Å². The standard InChI is InChI=1S/C13H18N4O4/c1-17(12(19)7-15-13(14)20)8-11(18)16-9-3-5-10(21-2)6-4-9/h3-6H,7-8H2,1-2H3,(H,16,18)(H3,14,15,20). The molecule has 1 rings (SSSR count). The van der Waals surface area contributed by atoms with E-state index < -0.39 is 11.9 Å². The van der Waals surface area contributed by atoms with E-state index in [2.05, 4.69) is 10.6 Å². The number of methoxy groups -OCH3 is 1. The Bertz CT molecular complexity index is 515. The quantitative estimate of drug-likeness (QED) is 0.672. The fraction of sp³-hybridized carbons (Fsp3) is 0.308. The number of likely N-dealkylation sites (N-methyl/N-ethyl adjacent to an activating group) is 1. The number of anilines is 1. The van der Waals surface area contributed by atoms with E-state index in [1.807, 2.05) is 0 Å². The maximum Gasteiger partial charge on any atom is 0.312 e. The number of nitrogens with zero attached hydrogens (tertiary/aromatic N) is 1. The van der Waals surface area contributed by atoms with Crippen molar-refractivity contribution in [1.29, 1.82) is 0 Å². The highest BCUT2D eigenvalue weighted by molar-refractivity contribution is 5.95. The van der Waals surface area contributed by atoms with Crippen LogP contribution in [0.5, 0.6) is 5.75 Å².